The number of anilines is 1. The number of amides is 2. The first kappa shape index (κ1) is 26.3. The molecule has 2 aliphatic heterocycles. The molecule has 3 aliphatic rings. The van der Waals surface area contributed by atoms with Crippen LogP contribution in [0.25, 0.3) is 0 Å². The van der Waals surface area contributed by atoms with E-state index in [4.69, 9.17) is 15.3 Å². The molecular weight excluding hydrogens is 528 g/mol. The van der Waals surface area contributed by atoms with Crippen LogP contribution in [0.15, 0.2) is 28.6 Å². The van der Waals surface area contributed by atoms with E-state index in [1.165, 1.54) is 18.7 Å². The number of carbonyl (C=O) groups excluding carboxylic acids is 4. The van der Waals surface area contributed by atoms with E-state index in [1.54, 1.807) is 0 Å². The Bertz CT molecular complexity index is 1240. The molecule has 3 heterocycles. The minimum atomic E-state index is -1.39. The predicted molar refractivity (Wildman–Crippen MR) is 130 cm³/mol. The van der Waals surface area contributed by atoms with E-state index in [1.807, 2.05) is 12.2 Å². The monoisotopic (exact) mass is 550 g/mol. The summed E-state index contributed by atoms with van der Waals surface area (Å²) in [4.78, 5) is 71.1. The van der Waals surface area contributed by atoms with Crippen LogP contribution < -0.4 is 11.1 Å². The molecule has 0 aromatic carbocycles. The first-order valence-corrected chi connectivity index (χ1v) is 12.8. The van der Waals surface area contributed by atoms with Gasteiger partial charge in [-0.3, -0.25) is 24.1 Å². The number of hydrogen-bond donors (Lipinski definition) is 3. The number of rotatable bonds is 10. The van der Waals surface area contributed by atoms with E-state index in [0.29, 0.717) is 6.42 Å². The number of Topliss-reactive ketones (excluding diaryl/α,β-unsaturated/α-hetero) is 1. The van der Waals surface area contributed by atoms with Gasteiger partial charge < -0.3 is 25.7 Å². The highest BCUT2D eigenvalue weighted by Gasteiger charge is 2.54. The molecule has 16 heteroatoms. The average molecular weight is 551 g/mol. The third kappa shape index (κ3) is 5.80. The third-order valence-corrected chi connectivity index (χ3v) is 7.34. The fourth-order valence-corrected chi connectivity index (χ4v) is 5.52. The van der Waals surface area contributed by atoms with Crippen LogP contribution in [0.4, 0.5) is 5.13 Å². The number of β-lactam (4-membered cyclic amide) rings is 1. The Kier molecular flexibility index (Phi) is 7.87. The Labute approximate surface area is 218 Å². The van der Waals surface area contributed by atoms with Crippen molar-refractivity contribution >= 4 is 63.7 Å². The predicted octanol–water partition coefficient (Wildman–Crippen LogP) is -0.179. The lowest BCUT2D eigenvalue weighted by molar-refractivity contribution is -0.150. The van der Waals surface area contributed by atoms with Crippen molar-refractivity contribution < 1.29 is 38.7 Å². The minimum absolute atomic E-state index is 0.0670. The van der Waals surface area contributed by atoms with Crippen LogP contribution in [0.1, 0.15) is 32.0 Å². The Morgan fingerprint density at radius 1 is 1.35 bits per heavy atom. The number of oxime groups is 1. The molecular formula is C21H22N6O8S2. The molecule has 1 aromatic heterocycles. The lowest BCUT2D eigenvalue weighted by atomic mass is 10.0. The fourth-order valence-electron chi connectivity index (χ4n) is 3.75. The Balaban J connectivity index is 1.47. The number of nitrogens with two attached hydrogens (primary N) is 1. The van der Waals surface area contributed by atoms with E-state index < -0.39 is 47.4 Å². The topological polar surface area (TPSA) is 203 Å². The van der Waals surface area contributed by atoms with Crippen molar-refractivity contribution in [2.75, 3.05) is 18.1 Å². The molecule has 0 saturated carbocycles. The summed E-state index contributed by atoms with van der Waals surface area (Å²) in [6, 6.07) is -1.05. The van der Waals surface area contributed by atoms with Gasteiger partial charge in [0.2, 0.25) is 11.5 Å². The van der Waals surface area contributed by atoms with Gasteiger partial charge in [-0.15, -0.1) is 11.8 Å². The third-order valence-electron chi connectivity index (χ3n) is 5.45. The van der Waals surface area contributed by atoms with Crippen LogP contribution in [-0.2, 0) is 33.5 Å². The number of thioether (sulfide) groups is 1. The molecule has 1 saturated heterocycles. The molecule has 1 aromatic rings. The maximum absolute atomic E-state index is 13.1. The number of aromatic nitrogens is 2. The number of nitrogens with one attached hydrogen (secondary N) is 1. The smallest absolute Gasteiger partial charge is 0.352 e. The molecule has 37 heavy (non-hydrogen) atoms. The number of aliphatic carboxylic acids is 1. The van der Waals surface area contributed by atoms with Crippen molar-refractivity contribution in [1.82, 2.24) is 19.6 Å². The molecule has 196 valence electrons. The SMILES string of the molecule is CC(=O)CC(=O)OCC1=C(C(=O)O)N2C(=O)C(NC(=O)C(=NOC3C=CCC3)c3nsc(N)n3)[C@H]2SC1. The second-order valence-corrected chi connectivity index (χ2v) is 10.1. The molecule has 14 nitrogen and oxygen atoms in total. The highest BCUT2D eigenvalue weighted by atomic mass is 32.2. The van der Waals surface area contributed by atoms with E-state index in [-0.39, 0.29) is 46.4 Å². The largest absolute Gasteiger partial charge is 0.477 e. The fraction of sp³-hybridized carbons (Fsp3) is 0.429. The van der Waals surface area contributed by atoms with Crippen molar-refractivity contribution in [2.24, 2.45) is 5.16 Å². The van der Waals surface area contributed by atoms with Gasteiger partial charge in [-0.1, -0.05) is 11.2 Å². The van der Waals surface area contributed by atoms with Crippen molar-refractivity contribution in [2.45, 2.75) is 43.7 Å². The Hall–Kier alpha value is -3.79. The van der Waals surface area contributed by atoms with Gasteiger partial charge in [-0.2, -0.15) is 9.36 Å². The normalized spacial score (nSPS) is 22.8. The first-order valence-electron chi connectivity index (χ1n) is 11.0. The number of carboxylic acids is 1. The molecule has 3 atom stereocenters. The number of esters is 1. The summed E-state index contributed by atoms with van der Waals surface area (Å²) in [5.41, 5.74) is 5.24. The molecule has 4 N–H and O–H groups in total. The number of carbonyl (C=O) groups is 5. The molecule has 2 amide bonds. The molecule has 1 fully saturated rings. The number of carboxylic acid groups (broad SMARTS) is 1. The van der Waals surface area contributed by atoms with Crippen LogP contribution in [0.3, 0.4) is 0 Å². The molecule has 0 spiro atoms. The van der Waals surface area contributed by atoms with Gasteiger partial charge in [-0.25, -0.2) is 4.79 Å². The van der Waals surface area contributed by atoms with E-state index in [0.717, 1.165) is 22.9 Å². The number of nitrogen functional groups attached to an aromatic ring is 1. The number of fused-ring (bicyclic) bond motifs is 1. The second kappa shape index (κ2) is 11.1. The van der Waals surface area contributed by atoms with Crippen LogP contribution in [-0.4, -0.2) is 84.5 Å². The molecule has 1 aliphatic carbocycles. The second-order valence-electron chi connectivity index (χ2n) is 8.20. The van der Waals surface area contributed by atoms with E-state index in [2.05, 4.69) is 19.8 Å². The van der Waals surface area contributed by atoms with Gasteiger partial charge in [0.1, 0.15) is 42.0 Å². The minimum Gasteiger partial charge on any atom is -0.477 e. The van der Waals surface area contributed by atoms with Gasteiger partial charge in [0.05, 0.1) is 0 Å². The summed E-state index contributed by atoms with van der Waals surface area (Å²) in [5.74, 6) is -3.97. The standard InChI is InChI=1S/C21H22N6O8S2/c1-9(28)6-12(29)34-7-10-8-36-19-14(18(31)27(19)15(10)20(32)33)23-17(30)13(16-24-21(22)37-26-16)25-35-11-4-2-3-5-11/h2,4,11,14,19H,3,5-8H2,1H3,(H,23,30)(H,32,33)(H2,22,24,26)/t11?,14?,19-/m1/s1. The van der Waals surface area contributed by atoms with E-state index in [9.17, 15) is 29.1 Å². The molecule has 0 radical (unpaired) electrons. The van der Waals surface area contributed by atoms with Crippen molar-refractivity contribution in [3.8, 4) is 0 Å². The highest BCUT2D eigenvalue weighted by Crippen LogP contribution is 2.40. The van der Waals surface area contributed by atoms with Gasteiger partial charge in [0.15, 0.2) is 5.13 Å². The average Bonchev–Trinajstić information content (AvgIpc) is 3.52. The van der Waals surface area contributed by atoms with Crippen molar-refractivity contribution in [1.29, 1.82) is 0 Å². The van der Waals surface area contributed by atoms with Crippen molar-refractivity contribution in [3.05, 3.63) is 29.2 Å². The van der Waals surface area contributed by atoms with Crippen LogP contribution in [0.5, 0.6) is 0 Å². The Morgan fingerprint density at radius 2 is 2.14 bits per heavy atom. The summed E-state index contributed by atoms with van der Waals surface area (Å²) in [6.45, 7) is 0.847. The molecule has 0 bridgehead atoms. The zero-order chi connectivity index (χ0) is 26.7. The number of ketones is 1. The number of hydrogen-bond acceptors (Lipinski definition) is 13. The van der Waals surface area contributed by atoms with Gasteiger partial charge in [-0.05, 0) is 25.8 Å². The van der Waals surface area contributed by atoms with Crippen molar-refractivity contribution in [3.63, 3.8) is 0 Å². The molecule has 2 unspecified atom stereocenters. The van der Waals surface area contributed by atoms with Crippen LogP contribution >= 0.6 is 23.3 Å². The number of nitrogens with zero attached hydrogens (tertiary/aromatic N) is 4. The lowest BCUT2D eigenvalue weighted by Gasteiger charge is -2.49. The van der Waals surface area contributed by atoms with Gasteiger partial charge in [0.25, 0.3) is 11.8 Å². The zero-order valence-corrected chi connectivity index (χ0v) is 21.0. The lowest BCUT2D eigenvalue weighted by Crippen LogP contribution is -2.71. The quantitative estimate of drug-likeness (QED) is 0.0867. The summed E-state index contributed by atoms with van der Waals surface area (Å²) >= 11 is 2.05. The summed E-state index contributed by atoms with van der Waals surface area (Å²) in [6.07, 6.45) is 4.48. The Morgan fingerprint density at radius 3 is 2.76 bits per heavy atom. The maximum atomic E-state index is 13.1. The van der Waals surface area contributed by atoms with Gasteiger partial charge in [0, 0.05) is 22.9 Å². The summed E-state index contributed by atoms with van der Waals surface area (Å²) < 4.78 is 9.00. The summed E-state index contributed by atoms with van der Waals surface area (Å²) in [7, 11) is 0. The summed E-state index contributed by atoms with van der Waals surface area (Å²) in [5, 5.41) is 15.6. The maximum Gasteiger partial charge on any atom is 0.352 e. The first-order chi connectivity index (χ1) is 17.7. The zero-order valence-electron chi connectivity index (χ0n) is 19.4. The van der Waals surface area contributed by atoms with Crippen LogP contribution in [0, 0.1) is 0 Å². The number of allylic oxidation sites excluding steroid dienone is 1. The van der Waals surface area contributed by atoms with Crippen LogP contribution in [0.2, 0.25) is 0 Å². The number of ether oxygens (including phenoxy) is 1. The molecule has 4 rings (SSSR count). The van der Waals surface area contributed by atoms with Gasteiger partial charge >= 0.3 is 11.9 Å². The van der Waals surface area contributed by atoms with E-state index >= 15 is 0 Å². The highest BCUT2D eigenvalue weighted by molar-refractivity contribution is 8.00.